The van der Waals surface area contributed by atoms with Crippen molar-refractivity contribution >= 4 is 0 Å². The van der Waals surface area contributed by atoms with Gasteiger partial charge in [-0.05, 0) is 0 Å². The second kappa shape index (κ2) is 4.42. The van der Waals surface area contributed by atoms with E-state index in [-0.39, 0.29) is 0 Å². The Morgan fingerprint density at radius 3 is 1.67 bits per heavy atom. The summed E-state index contributed by atoms with van der Waals surface area (Å²) in [6, 6.07) is 0. The van der Waals surface area contributed by atoms with Crippen molar-refractivity contribution < 1.29 is 16.1 Å². The van der Waals surface area contributed by atoms with E-state index in [4.69, 9.17) is 0 Å². The summed E-state index contributed by atoms with van der Waals surface area (Å²) in [6.07, 6.45) is 9.30. The zero-order chi connectivity index (χ0) is 9.03. The Morgan fingerprint density at radius 1 is 0.917 bits per heavy atom. The van der Waals surface area contributed by atoms with Crippen molar-refractivity contribution in [1.82, 2.24) is 0 Å². The molecule has 74 valence electrons. The van der Waals surface area contributed by atoms with E-state index in [0.29, 0.717) is 0 Å². The first-order valence-electron chi connectivity index (χ1n) is 4.64. The SMILES string of the molecule is C[CH2][Pt]([CH2]C)([CH2]C)[CH]1C=CC=C1. The molecule has 0 aromatic rings. The molecule has 0 heterocycles. The van der Waals surface area contributed by atoms with Gasteiger partial charge in [-0.15, -0.1) is 0 Å². The van der Waals surface area contributed by atoms with E-state index in [1.54, 1.807) is 0 Å². The summed E-state index contributed by atoms with van der Waals surface area (Å²) in [4.78, 5) is 4.41. The zero-order valence-corrected chi connectivity index (χ0v) is 10.6. The summed E-state index contributed by atoms with van der Waals surface area (Å²) in [6.45, 7) is 7.18. The van der Waals surface area contributed by atoms with Crippen molar-refractivity contribution in [2.45, 2.75) is 39.5 Å². The quantitative estimate of drug-likeness (QED) is 0.708. The molecule has 0 bridgehead atoms. The van der Waals surface area contributed by atoms with Crippen LogP contribution in [0.2, 0.25) is 18.7 Å². The molecule has 0 aromatic heterocycles. The number of hydrogen-bond acceptors (Lipinski definition) is 0. The normalized spacial score (nSPS) is 18.9. The maximum atomic E-state index is 2.42. The van der Waals surface area contributed by atoms with Crippen molar-refractivity contribution in [3.05, 3.63) is 24.3 Å². The molecule has 0 saturated heterocycles. The molecule has 1 aliphatic rings. The molecule has 0 amide bonds. The van der Waals surface area contributed by atoms with Gasteiger partial charge in [-0.2, -0.15) is 0 Å². The van der Waals surface area contributed by atoms with E-state index in [1.807, 2.05) is 0 Å². The third-order valence-corrected chi connectivity index (χ3v) is 16.1. The standard InChI is InChI=1S/C5H5.3C2H5.Pt/c1-2-4-5-3-1;3*1-2;/h1-5H;3*1H2,2H3;. The van der Waals surface area contributed by atoms with Crippen LogP contribution in [-0.2, 0) is 16.1 Å². The molecule has 1 rings (SSSR count). The first kappa shape index (κ1) is 10.3. The molecule has 0 N–H and O–H groups in total. The van der Waals surface area contributed by atoms with Gasteiger partial charge in [0.25, 0.3) is 0 Å². The molecule has 0 radical (unpaired) electrons. The Labute approximate surface area is 79.9 Å². The molecule has 0 nitrogen and oxygen atoms in total. The molecule has 0 aliphatic heterocycles. The molecule has 1 aliphatic carbocycles. The van der Waals surface area contributed by atoms with Gasteiger partial charge in [0.1, 0.15) is 0 Å². The summed E-state index contributed by atoms with van der Waals surface area (Å²) in [5.41, 5.74) is 0. The summed E-state index contributed by atoms with van der Waals surface area (Å²) >= 11 is -1.40. The van der Waals surface area contributed by atoms with Crippen molar-refractivity contribution in [3.63, 3.8) is 0 Å². The predicted molar refractivity (Wildman–Crippen MR) is 53.5 cm³/mol. The molecule has 1 heteroatoms. The Hall–Kier alpha value is 0.168. The van der Waals surface area contributed by atoms with Gasteiger partial charge in [-0.25, -0.2) is 0 Å². The summed E-state index contributed by atoms with van der Waals surface area (Å²) in [7, 11) is 0. The summed E-state index contributed by atoms with van der Waals surface area (Å²) < 4.78 is 0.873. The Morgan fingerprint density at radius 2 is 1.33 bits per heavy atom. The van der Waals surface area contributed by atoms with Crippen molar-refractivity contribution in [2.24, 2.45) is 0 Å². The van der Waals surface area contributed by atoms with Crippen LogP contribution in [0, 0.1) is 0 Å². The van der Waals surface area contributed by atoms with Crippen molar-refractivity contribution in [1.29, 1.82) is 0 Å². The molecule has 0 atom stereocenters. The fourth-order valence-electron chi connectivity index (χ4n) is 1.57. The van der Waals surface area contributed by atoms with Crippen LogP contribution in [0.4, 0.5) is 0 Å². The van der Waals surface area contributed by atoms with Crippen LogP contribution in [0.5, 0.6) is 0 Å². The van der Waals surface area contributed by atoms with Gasteiger partial charge in [-0.3, -0.25) is 0 Å². The van der Waals surface area contributed by atoms with Crippen molar-refractivity contribution in [2.75, 3.05) is 0 Å². The molecular formula is C11H20Pt. The van der Waals surface area contributed by atoms with Crippen molar-refractivity contribution in [3.8, 4) is 0 Å². The van der Waals surface area contributed by atoms with Crippen LogP contribution >= 0.6 is 0 Å². The Bertz CT molecular complexity index is 167. The predicted octanol–water partition coefficient (Wildman–Crippen LogP) is 4.37. The van der Waals surface area contributed by atoms with E-state index in [2.05, 4.69) is 45.1 Å². The van der Waals surface area contributed by atoms with Gasteiger partial charge in [-0.1, -0.05) is 0 Å². The Balaban J connectivity index is 2.76. The monoisotopic (exact) mass is 347 g/mol. The molecule has 12 heavy (non-hydrogen) atoms. The molecular weight excluding hydrogens is 327 g/mol. The fraction of sp³-hybridized carbons (Fsp3) is 0.636. The average molecular weight is 347 g/mol. The first-order valence-corrected chi connectivity index (χ1v) is 10.8. The van der Waals surface area contributed by atoms with Crippen LogP contribution in [0.1, 0.15) is 20.8 Å². The fourth-order valence-corrected chi connectivity index (χ4v) is 10.6. The van der Waals surface area contributed by atoms with Crippen LogP contribution in [0.15, 0.2) is 24.3 Å². The maximum absolute atomic E-state index is 2.42. The summed E-state index contributed by atoms with van der Waals surface area (Å²) in [5, 5.41) is 0. The minimum atomic E-state index is -1.40. The number of rotatable bonds is 4. The van der Waals surface area contributed by atoms with Crippen LogP contribution < -0.4 is 0 Å². The summed E-state index contributed by atoms with van der Waals surface area (Å²) in [5.74, 6) is 0. The molecule has 0 spiro atoms. The van der Waals surface area contributed by atoms with Gasteiger partial charge < -0.3 is 0 Å². The second-order valence-electron chi connectivity index (χ2n) is 2.71. The number of hydrogen-bond donors (Lipinski definition) is 0. The topological polar surface area (TPSA) is 0 Å². The van der Waals surface area contributed by atoms with Crippen LogP contribution in [0.25, 0.3) is 0 Å². The number of allylic oxidation sites excluding steroid dienone is 4. The van der Waals surface area contributed by atoms with Crippen LogP contribution in [-0.4, -0.2) is 0 Å². The van der Waals surface area contributed by atoms with Crippen LogP contribution in [0.3, 0.4) is 0 Å². The van der Waals surface area contributed by atoms with E-state index in [9.17, 15) is 0 Å². The van der Waals surface area contributed by atoms with Gasteiger partial charge in [0.2, 0.25) is 0 Å². The van der Waals surface area contributed by atoms with E-state index in [1.165, 1.54) is 14.4 Å². The third-order valence-electron chi connectivity index (χ3n) is 2.46. The van der Waals surface area contributed by atoms with E-state index in [0.717, 1.165) is 4.31 Å². The Kier molecular flexibility index (Phi) is 3.77. The van der Waals surface area contributed by atoms with E-state index >= 15 is 0 Å². The van der Waals surface area contributed by atoms with Gasteiger partial charge in [0.15, 0.2) is 0 Å². The average Bonchev–Trinajstić information content (AvgIpc) is 2.62. The molecule has 0 aromatic carbocycles. The molecule has 0 fully saturated rings. The van der Waals surface area contributed by atoms with E-state index < -0.39 is 16.1 Å². The zero-order valence-electron chi connectivity index (χ0n) is 8.32. The second-order valence-corrected chi connectivity index (χ2v) is 15.2. The van der Waals surface area contributed by atoms with Gasteiger partial charge >= 0.3 is 79.9 Å². The minimum absolute atomic E-state index is 0.873. The molecule has 0 saturated carbocycles. The molecule has 0 unspecified atom stereocenters. The third kappa shape index (κ3) is 1.74. The first-order chi connectivity index (χ1) is 5.79. The van der Waals surface area contributed by atoms with Gasteiger partial charge in [0, 0.05) is 0 Å². The van der Waals surface area contributed by atoms with Gasteiger partial charge in [0.05, 0.1) is 0 Å².